The van der Waals surface area contributed by atoms with Gasteiger partial charge in [-0.1, -0.05) is 23.9 Å². The van der Waals surface area contributed by atoms with E-state index in [1.165, 1.54) is 11.8 Å². The zero-order chi connectivity index (χ0) is 26.0. The fourth-order valence-corrected chi connectivity index (χ4v) is 5.43. The molecule has 1 fully saturated rings. The number of fused-ring (bicyclic) bond motifs is 1. The molecule has 1 atom stereocenters. The molecule has 0 saturated carbocycles. The first-order valence-electron chi connectivity index (χ1n) is 11.9. The van der Waals surface area contributed by atoms with Crippen LogP contribution in [0.25, 0.3) is 0 Å². The number of amidine groups is 1. The van der Waals surface area contributed by atoms with Crippen LogP contribution in [0.3, 0.4) is 0 Å². The molecule has 0 aromatic heterocycles. The second kappa shape index (κ2) is 10.6. The molecule has 36 heavy (non-hydrogen) atoms. The predicted octanol–water partition coefficient (Wildman–Crippen LogP) is 3.87. The van der Waals surface area contributed by atoms with Crippen molar-refractivity contribution < 1.29 is 28.5 Å². The first-order chi connectivity index (χ1) is 17.1. The molecule has 1 aromatic carbocycles. The topological polar surface area (TPSA) is 89.9 Å². The van der Waals surface area contributed by atoms with Crippen molar-refractivity contribution in [1.82, 2.24) is 9.80 Å². The molecular weight excluding hydrogens is 482 g/mol. The number of amides is 1. The maximum Gasteiger partial charge on any atom is 0.338 e. The first-order valence-corrected chi connectivity index (χ1v) is 12.8. The quantitative estimate of drug-likeness (QED) is 0.528. The van der Waals surface area contributed by atoms with E-state index in [1.807, 2.05) is 48.1 Å². The van der Waals surface area contributed by atoms with E-state index < -0.39 is 17.6 Å². The minimum absolute atomic E-state index is 0.00727. The summed E-state index contributed by atoms with van der Waals surface area (Å²) in [4.78, 5) is 35.2. The third-order valence-corrected chi connectivity index (χ3v) is 6.93. The number of thioether (sulfide) groups is 1. The van der Waals surface area contributed by atoms with E-state index in [0.717, 1.165) is 11.3 Å². The molecule has 0 spiro atoms. The van der Waals surface area contributed by atoms with Crippen molar-refractivity contribution in [2.24, 2.45) is 4.99 Å². The van der Waals surface area contributed by atoms with Crippen LogP contribution in [0.4, 0.5) is 0 Å². The standard InChI is InChI=1S/C26H33N3O6S/c1-16-21(24(31)35-26(2,3)4)22(18-8-7-9-19(32-5)23(18)33-6)29-17(15-36-25(29)27-16)14-20(30)28-10-12-34-13-11-28/h7-9,15,22H,10-14H2,1-6H3/t22-/m0/s1. The van der Waals surface area contributed by atoms with Crippen LogP contribution in [-0.2, 0) is 19.1 Å². The molecule has 0 radical (unpaired) electrons. The number of ether oxygens (including phenoxy) is 4. The predicted molar refractivity (Wildman–Crippen MR) is 138 cm³/mol. The summed E-state index contributed by atoms with van der Waals surface area (Å²) in [6.45, 7) is 9.49. The maximum absolute atomic E-state index is 13.6. The molecule has 194 valence electrons. The minimum atomic E-state index is -0.692. The van der Waals surface area contributed by atoms with Crippen molar-refractivity contribution in [1.29, 1.82) is 0 Å². The highest BCUT2D eigenvalue weighted by atomic mass is 32.2. The molecule has 3 heterocycles. The van der Waals surface area contributed by atoms with Crippen LogP contribution in [0.2, 0.25) is 0 Å². The van der Waals surface area contributed by atoms with Gasteiger partial charge in [-0.25, -0.2) is 9.79 Å². The Morgan fingerprint density at radius 2 is 1.89 bits per heavy atom. The number of hydrogen-bond donors (Lipinski definition) is 0. The summed E-state index contributed by atoms with van der Waals surface area (Å²) in [6, 6.07) is 4.95. The second-order valence-electron chi connectivity index (χ2n) is 9.65. The van der Waals surface area contributed by atoms with Gasteiger partial charge < -0.3 is 28.7 Å². The number of morpholine rings is 1. The van der Waals surface area contributed by atoms with Gasteiger partial charge in [0, 0.05) is 24.4 Å². The number of aliphatic imine (C=N–C) groups is 1. The van der Waals surface area contributed by atoms with Gasteiger partial charge in [0.1, 0.15) is 5.60 Å². The number of para-hydroxylation sites is 1. The summed E-state index contributed by atoms with van der Waals surface area (Å²) < 4.78 is 22.5. The molecule has 0 aliphatic carbocycles. The first kappa shape index (κ1) is 26.1. The number of hydrogen-bond acceptors (Lipinski definition) is 9. The molecular formula is C26H33N3O6S. The Kier molecular flexibility index (Phi) is 7.65. The van der Waals surface area contributed by atoms with E-state index in [1.54, 1.807) is 27.2 Å². The Labute approximate surface area is 216 Å². The smallest absolute Gasteiger partial charge is 0.338 e. The number of benzene rings is 1. The molecule has 0 bridgehead atoms. The molecule has 0 N–H and O–H groups in total. The maximum atomic E-state index is 13.6. The number of allylic oxidation sites excluding steroid dienone is 1. The third-order valence-electron chi connectivity index (χ3n) is 6.04. The fourth-order valence-electron chi connectivity index (χ4n) is 4.46. The molecule has 3 aliphatic heterocycles. The van der Waals surface area contributed by atoms with Crippen molar-refractivity contribution in [2.45, 2.75) is 45.8 Å². The lowest BCUT2D eigenvalue weighted by Gasteiger charge is -2.38. The van der Waals surface area contributed by atoms with E-state index in [9.17, 15) is 9.59 Å². The molecule has 10 heteroatoms. The summed E-state index contributed by atoms with van der Waals surface area (Å²) in [6.07, 6.45) is 0.176. The molecule has 1 aromatic rings. The summed E-state index contributed by atoms with van der Waals surface area (Å²) in [7, 11) is 3.14. The van der Waals surface area contributed by atoms with Crippen LogP contribution in [0.1, 0.15) is 45.7 Å². The second-order valence-corrected chi connectivity index (χ2v) is 10.5. The molecule has 4 rings (SSSR count). The Bertz CT molecular complexity index is 1130. The van der Waals surface area contributed by atoms with Crippen LogP contribution in [-0.4, -0.2) is 73.0 Å². The molecule has 1 saturated heterocycles. The number of methoxy groups -OCH3 is 2. The zero-order valence-corrected chi connectivity index (χ0v) is 22.4. The van der Waals surface area contributed by atoms with Gasteiger partial charge in [-0.15, -0.1) is 0 Å². The highest BCUT2D eigenvalue weighted by molar-refractivity contribution is 8.16. The van der Waals surface area contributed by atoms with Crippen molar-refractivity contribution in [3.05, 3.63) is 46.1 Å². The Hall–Kier alpha value is -2.98. The lowest BCUT2D eigenvalue weighted by Crippen LogP contribution is -2.43. The van der Waals surface area contributed by atoms with Crippen molar-refractivity contribution >= 4 is 28.8 Å². The van der Waals surface area contributed by atoms with Crippen LogP contribution in [0.15, 0.2) is 45.6 Å². The van der Waals surface area contributed by atoms with Gasteiger partial charge in [-0.05, 0) is 39.2 Å². The Balaban J connectivity index is 1.79. The summed E-state index contributed by atoms with van der Waals surface area (Å²) in [5.74, 6) is 0.596. The van der Waals surface area contributed by atoms with Gasteiger partial charge in [-0.3, -0.25) is 4.79 Å². The zero-order valence-electron chi connectivity index (χ0n) is 21.6. The van der Waals surface area contributed by atoms with E-state index in [-0.39, 0.29) is 12.3 Å². The SMILES string of the molecule is COc1cccc([C@H]2C(C(=O)OC(C)(C)C)=C(C)N=C3SC=C(CC(=O)N4CCOCC4)N32)c1OC. The molecule has 9 nitrogen and oxygen atoms in total. The minimum Gasteiger partial charge on any atom is -0.493 e. The van der Waals surface area contributed by atoms with Gasteiger partial charge in [-0.2, -0.15) is 0 Å². The van der Waals surface area contributed by atoms with Gasteiger partial charge in [0.2, 0.25) is 5.91 Å². The number of rotatable bonds is 6. The average molecular weight is 516 g/mol. The lowest BCUT2D eigenvalue weighted by atomic mass is 9.92. The van der Waals surface area contributed by atoms with Gasteiger partial charge in [0.15, 0.2) is 16.7 Å². The van der Waals surface area contributed by atoms with Gasteiger partial charge >= 0.3 is 5.97 Å². The van der Waals surface area contributed by atoms with E-state index >= 15 is 0 Å². The Morgan fingerprint density at radius 3 is 2.53 bits per heavy atom. The Morgan fingerprint density at radius 1 is 1.17 bits per heavy atom. The summed E-state index contributed by atoms with van der Waals surface area (Å²) in [5, 5.41) is 2.63. The third kappa shape index (κ3) is 5.24. The van der Waals surface area contributed by atoms with Crippen LogP contribution >= 0.6 is 11.8 Å². The number of nitrogens with zero attached hydrogens (tertiary/aromatic N) is 3. The monoisotopic (exact) mass is 515 g/mol. The highest BCUT2D eigenvalue weighted by Gasteiger charge is 2.43. The van der Waals surface area contributed by atoms with Crippen LogP contribution in [0, 0.1) is 0 Å². The number of carbonyl (C=O) groups is 2. The molecule has 0 unspecified atom stereocenters. The summed E-state index contributed by atoms with van der Waals surface area (Å²) >= 11 is 1.44. The van der Waals surface area contributed by atoms with Gasteiger partial charge in [0.05, 0.1) is 51.2 Å². The summed E-state index contributed by atoms with van der Waals surface area (Å²) in [5.41, 5.74) is 1.75. The van der Waals surface area contributed by atoms with Crippen LogP contribution in [0.5, 0.6) is 11.5 Å². The highest BCUT2D eigenvalue weighted by Crippen LogP contribution is 2.49. The lowest BCUT2D eigenvalue weighted by molar-refractivity contribution is -0.150. The van der Waals surface area contributed by atoms with E-state index in [2.05, 4.69) is 0 Å². The van der Waals surface area contributed by atoms with Crippen molar-refractivity contribution in [2.75, 3.05) is 40.5 Å². The van der Waals surface area contributed by atoms with Gasteiger partial charge in [0.25, 0.3) is 0 Å². The largest absolute Gasteiger partial charge is 0.493 e. The van der Waals surface area contributed by atoms with Crippen LogP contribution < -0.4 is 9.47 Å². The normalized spacial score (nSPS) is 20.0. The molecule has 1 amide bonds. The van der Waals surface area contributed by atoms with E-state index in [4.69, 9.17) is 23.9 Å². The average Bonchev–Trinajstić information content (AvgIpc) is 3.23. The van der Waals surface area contributed by atoms with Crippen molar-refractivity contribution in [3.8, 4) is 11.5 Å². The number of carbonyl (C=O) groups excluding carboxylic acids is 2. The fraction of sp³-hybridized carbons (Fsp3) is 0.500. The van der Waals surface area contributed by atoms with E-state index in [0.29, 0.717) is 54.2 Å². The molecule has 3 aliphatic rings. The number of esters is 1. The van der Waals surface area contributed by atoms with Crippen molar-refractivity contribution in [3.63, 3.8) is 0 Å².